The highest BCUT2D eigenvalue weighted by Gasteiger charge is 2.19. The quantitative estimate of drug-likeness (QED) is 0.691. The van der Waals surface area contributed by atoms with Crippen LogP contribution in [0.5, 0.6) is 0 Å². The molecule has 2 aromatic heterocycles. The van der Waals surface area contributed by atoms with E-state index in [4.69, 9.17) is 8.83 Å². The Bertz CT molecular complexity index is 1080. The largest absolute Gasteiger partial charge is 0.461 e. The number of amides is 1. The molecule has 2 heterocycles. The Balaban J connectivity index is 1.64. The summed E-state index contributed by atoms with van der Waals surface area (Å²) in [4.78, 5) is 24.7. The van der Waals surface area contributed by atoms with Gasteiger partial charge in [0.25, 0.3) is 0 Å². The van der Waals surface area contributed by atoms with Crippen LogP contribution in [0.3, 0.4) is 0 Å². The Morgan fingerprint density at radius 2 is 1.70 bits per heavy atom. The normalized spacial score (nSPS) is 15.1. The third kappa shape index (κ3) is 3.27. The zero-order valence-corrected chi connectivity index (χ0v) is 16.1. The van der Waals surface area contributed by atoms with E-state index in [0.717, 1.165) is 46.1 Å². The van der Waals surface area contributed by atoms with E-state index in [0.29, 0.717) is 30.0 Å². The monoisotopic (exact) mass is 367 g/mol. The van der Waals surface area contributed by atoms with E-state index in [2.05, 4.69) is 5.32 Å². The Labute approximate surface area is 157 Å². The van der Waals surface area contributed by atoms with Gasteiger partial charge in [0, 0.05) is 34.9 Å². The van der Waals surface area contributed by atoms with E-state index in [1.807, 2.05) is 26.8 Å². The molecule has 0 spiro atoms. The molecule has 1 N–H and O–H groups in total. The maximum Gasteiger partial charge on any atom is 0.339 e. The maximum absolute atomic E-state index is 12.5. The first-order chi connectivity index (χ1) is 12.9. The molecule has 1 aromatic carbocycles. The summed E-state index contributed by atoms with van der Waals surface area (Å²) in [7, 11) is 0. The number of fused-ring (bicyclic) bond motifs is 2. The van der Waals surface area contributed by atoms with Gasteiger partial charge in [-0.05, 0) is 57.2 Å². The van der Waals surface area contributed by atoms with Crippen LogP contribution in [0.15, 0.2) is 25.8 Å². The van der Waals surface area contributed by atoms with Crippen molar-refractivity contribution in [1.29, 1.82) is 0 Å². The van der Waals surface area contributed by atoms with Crippen molar-refractivity contribution >= 4 is 27.8 Å². The topological polar surface area (TPSA) is 72.5 Å². The van der Waals surface area contributed by atoms with Crippen LogP contribution in [0, 0.1) is 20.8 Å². The zero-order valence-electron chi connectivity index (χ0n) is 16.1. The lowest BCUT2D eigenvalue weighted by Crippen LogP contribution is -2.33. The van der Waals surface area contributed by atoms with Gasteiger partial charge in [0.2, 0.25) is 5.91 Å². The lowest BCUT2D eigenvalue weighted by atomic mass is 10.0. The first-order valence-electron chi connectivity index (χ1n) is 9.69. The summed E-state index contributed by atoms with van der Waals surface area (Å²) in [6, 6.07) is 4.11. The van der Waals surface area contributed by atoms with Crippen LogP contribution in [0.4, 0.5) is 0 Å². The van der Waals surface area contributed by atoms with Gasteiger partial charge >= 0.3 is 5.63 Å². The number of benzene rings is 1. The predicted molar refractivity (Wildman–Crippen MR) is 105 cm³/mol. The minimum Gasteiger partial charge on any atom is -0.461 e. The Hall–Kier alpha value is -2.56. The molecular formula is C22H25NO4. The predicted octanol–water partition coefficient (Wildman–Crippen LogP) is 4.46. The summed E-state index contributed by atoms with van der Waals surface area (Å²) >= 11 is 0. The van der Waals surface area contributed by atoms with E-state index >= 15 is 0 Å². The second kappa shape index (κ2) is 6.87. The smallest absolute Gasteiger partial charge is 0.339 e. The van der Waals surface area contributed by atoms with E-state index in [1.165, 1.54) is 12.8 Å². The molecule has 5 nitrogen and oxygen atoms in total. The van der Waals surface area contributed by atoms with Crippen molar-refractivity contribution in [3.05, 3.63) is 45.0 Å². The fourth-order valence-corrected chi connectivity index (χ4v) is 4.12. The van der Waals surface area contributed by atoms with Gasteiger partial charge < -0.3 is 14.2 Å². The fraction of sp³-hybridized carbons (Fsp3) is 0.455. The number of carbonyl (C=O) groups excluding carboxylic acids is 1. The third-order valence-corrected chi connectivity index (χ3v) is 5.91. The van der Waals surface area contributed by atoms with Gasteiger partial charge in [-0.3, -0.25) is 4.79 Å². The van der Waals surface area contributed by atoms with Crippen molar-refractivity contribution in [1.82, 2.24) is 5.32 Å². The summed E-state index contributed by atoms with van der Waals surface area (Å²) < 4.78 is 11.3. The van der Waals surface area contributed by atoms with Crippen molar-refractivity contribution in [3.8, 4) is 0 Å². The van der Waals surface area contributed by atoms with Gasteiger partial charge in [-0.1, -0.05) is 12.8 Å². The molecule has 0 unspecified atom stereocenters. The zero-order chi connectivity index (χ0) is 19.1. The van der Waals surface area contributed by atoms with Gasteiger partial charge in [-0.2, -0.15) is 0 Å². The molecule has 1 saturated carbocycles. The van der Waals surface area contributed by atoms with Crippen LogP contribution in [0.25, 0.3) is 21.9 Å². The molecule has 142 valence electrons. The van der Waals surface area contributed by atoms with E-state index in [-0.39, 0.29) is 11.5 Å². The minimum absolute atomic E-state index is 0.0116. The summed E-state index contributed by atoms with van der Waals surface area (Å²) in [6.45, 7) is 5.88. The first kappa shape index (κ1) is 17.8. The number of aryl methyl sites for hydroxylation is 3. The van der Waals surface area contributed by atoms with Gasteiger partial charge in [0.15, 0.2) is 0 Å². The molecular weight excluding hydrogens is 342 g/mol. The van der Waals surface area contributed by atoms with E-state index in [9.17, 15) is 9.59 Å². The number of carbonyl (C=O) groups is 1. The number of hydrogen-bond acceptors (Lipinski definition) is 4. The highest BCUT2D eigenvalue weighted by molar-refractivity contribution is 5.96. The molecule has 1 aliphatic rings. The average molecular weight is 367 g/mol. The fourth-order valence-electron chi connectivity index (χ4n) is 4.12. The van der Waals surface area contributed by atoms with Crippen LogP contribution >= 0.6 is 0 Å². The van der Waals surface area contributed by atoms with Gasteiger partial charge in [-0.25, -0.2) is 4.79 Å². The van der Waals surface area contributed by atoms with E-state index in [1.54, 1.807) is 6.07 Å². The Kier molecular flexibility index (Phi) is 4.54. The van der Waals surface area contributed by atoms with Crippen molar-refractivity contribution in [3.63, 3.8) is 0 Å². The molecule has 3 aromatic rings. The Morgan fingerprint density at radius 1 is 1.04 bits per heavy atom. The van der Waals surface area contributed by atoms with Crippen molar-refractivity contribution < 1.29 is 13.6 Å². The second-order valence-electron chi connectivity index (χ2n) is 7.67. The van der Waals surface area contributed by atoms with Crippen LogP contribution < -0.4 is 10.9 Å². The van der Waals surface area contributed by atoms with Crippen LogP contribution in [0.2, 0.25) is 0 Å². The van der Waals surface area contributed by atoms with Gasteiger partial charge in [-0.15, -0.1) is 0 Å². The second-order valence-corrected chi connectivity index (χ2v) is 7.67. The lowest BCUT2D eigenvalue weighted by Gasteiger charge is -2.12. The summed E-state index contributed by atoms with van der Waals surface area (Å²) in [5.74, 6) is 0.877. The molecule has 0 saturated heterocycles. The number of nitrogens with one attached hydrogen (secondary N) is 1. The molecule has 1 amide bonds. The molecule has 1 fully saturated rings. The standard InChI is InChI=1S/C22H25NO4/c1-12-14(3)26-19-11-20-18(10-17(12)19)13(2)16(22(25)27-20)8-9-21(24)23-15-6-4-5-7-15/h10-11,15H,4-9H2,1-3H3,(H,23,24). The molecule has 0 aliphatic heterocycles. The van der Waals surface area contributed by atoms with Crippen LogP contribution in [0.1, 0.15) is 54.6 Å². The van der Waals surface area contributed by atoms with E-state index < -0.39 is 0 Å². The molecule has 0 bridgehead atoms. The van der Waals surface area contributed by atoms with Crippen molar-refractivity contribution in [2.75, 3.05) is 0 Å². The Morgan fingerprint density at radius 3 is 2.44 bits per heavy atom. The molecule has 4 rings (SSSR count). The summed E-state index contributed by atoms with van der Waals surface area (Å²) in [6.07, 6.45) is 5.17. The maximum atomic E-state index is 12.5. The molecule has 5 heteroatoms. The average Bonchev–Trinajstić information content (AvgIpc) is 3.22. The minimum atomic E-state index is -0.368. The number of hydrogen-bond donors (Lipinski definition) is 1. The van der Waals surface area contributed by atoms with Crippen molar-refractivity contribution in [2.45, 2.75) is 65.3 Å². The highest BCUT2D eigenvalue weighted by atomic mass is 16.4. The van der Waals surface area contributed by atoms with Crippen LogP contribution in [-0.2, 0) is 11.2 Å². The first-order valence-corrected chi connectivity index (χ1v) is 9.69. The highest BCUT2D eigenvalue weighted by Crippen LogP contribution is 2.31. The summed E-state index contributed by atoms with van der Waals surface area (Å²) in [5, 5.41) is 5.01. The molecule has 27 heavy (non-hydrogen) atoms. The van der Waals surface area contributed by atoms with Gasteiger partial charge in [0.1, 0.15) is 16.9 Å². The van der Waals surface area contributed by atoms with Crippen molar-refractivity contribution in [2.24, 2.45) is 0 Å². The number of furan rings is 1. The van der Waals surface area contributed by atoms with Crippen LogP contribution in [-0.4, -0.2) is 11.9 Å². The molecule has 1 aliphatic carbocycles. The SMILES string of the molecule is Cc1oc2cc3oc(=O)c(CCC(=O)NC4CCCC4)c(C)c3cc2c1C. The number of rotatable bonds is 4. The van der Waals surface area contributed by atoms with Gasteiger partial charge in [0.05, 0.1) is 0 Å². The summed E-state index contributed by atoms with van der Waals surface area (Å²) in [5.41, 5.74) is 3.45. The molecule has 0 atom stereocenters. The lowest BCUT2D eigenvalue weighted by molar-refractivity contribution is -0.121. The molecule has 0 radical (unpaired) electrons. The third-order valence-electron chi connectivity index (χ3n) is 5.91.